The molecule has 3 heterocycles. The monoisotopic (exact) mass is 428 g/mol. The average molecular weight is 428 g/mol. The molecule has 0 spiro atoms. The zero-order valence-corrected chi connectivity index (χ0v) is 17.1. The number of anilines is 1. The van der Waals surface area contributed by atoms with Crippen molar-refractivity contribution in [3.63, 3.8) is 0 Å². The number of hydrogen-bond acceptors (Lipinski definition) is 6. The average Bonchev–Trinajstić information content (AvgIpc) is 3.33. The van der Waals surface area contributed by atoms with Crippen LogP contribution in [0.1, 0.15) is 33.8 Å². The third-order valence-corrected chi connectivity index (χ3v) is 5.68. The first-order valence-electron chi connectivity index (χ1n) is 9.25. The maximum absolute atomic E-state index is 13.8. The second-order valence-electron chi connectivity index (χ2n) is 6.83. The zero-order valence-electron chi connectivity index (χ0n) is 16.3. The van der Waals surface area contributed by atoms with E-state index in [9.17, 15) is 13.6 Å². The van der Waals surface area contributed by atoms with Crippen LogP contribution in [0, 0.1) is 25.5 Å². The minimum absolute atomic E-state index is 0.179. The zero-order chi connectivity index (χ0) is 21.3. The van der Waals surface area contributed by atoms with Crippen molar-refractivity contribution in [1.82, 2.24) is 24.6 Å². The molecule has 0 unspecified atom stereocenters. The Morgan fingerprint density at radius 1 is 1.23 bits per heavy atom. The molecule has 0 saturated carbocycles. The number of amides is 1. The summed E-state index contributed by atoms with van der Waals surface area (Å²) in [6.45, 7) is 3.81. The van der Waals surface area contributed by atoms with Gasteiger partial charge in [-0.3, -0.25) is 4.79 Å². The molecular weight excluding hydrogens is 410 g/mol. The number of nitrogens with one attached hydrogen (secondary N) is 1. The minimum Gasteiger partial charge on any atom is -0.302 e. The number of nitrogens with zero attached hydrogens (tertiary/aromatic N) is 5. The summed E-state index contributed by atoms with van der Waals surface area (Å²) < 4.78 is 28.5. The molecule has 0 bridgehead atoms. The Morgan fingerprint density at radius 3 is 2.87 bits per heavy atom. The highest BCUT2D eigenvalue weighted by Gasteiger charge is 2.14. The Morgan fingerprint density at radius 2 is 2.07 bits per heavy atom. The van der Waals surface area contributed by atoms with E-state index in [1.165, 1.54) is 29.8 Å². The molecule has 1 N–H and O–H groups in total. The van der Waals surface area contributed by atoms with Crippen LogP contribution in [0.2, 0.25) is 0 Å². The fourth-order valence-electron chi connectivity index (χ4n) is 3.24. The predicted octanol–water partition coefficient (Wildman–Crippen LogP) is 3.64. The molecule has 0 aliphatic rings. The highest BCUT2D eigenvalue weighted by molar-refractivity contribution is 7.15. The summed E-state index contributed by atoms with van der Waals surface area (Å²) in [6.07, 6.45) is 4.07. The summed E-state index contributed by atoms with van der Waals surface area (Å²) in [5.74, 6) is -0.859. The van der Waals surface area contributed by atoms with Gasteiger partial charge in [-0.2, -0.15) is 10.1 Å². The topological polar surface area (TPSA) is 85.1 Å². The number of carbonyl (C=O) groups excluding carboxylic acids is 1. The van der Waals surface area contributed by atoms with Crippen LogP contribution in [-0.2, 0) is 17.6 Å². The van der Waals surface area contributed by atoms with Crippen LogP contribution in [0.3, 0.4) is 0 Å². The molecule has 154 valence electrons. The van der Waals surface area contributed by atoms with E-state index in [0.717, 1.165) is 27.9 Å². The lowest BCUT2D eigenvalue weighted by molar-refractivity contribution is -0.116. The summed E-state index contributed by atoms with van der Waals surface area (Å²) in [5, 5.41) is 7.36. The van der Waals surface area contributed by atoms with Gasteiger partial charge >= 0.3 is 0 Å². The molecule has 4 rings (SSSR count). The van der Waals surface area contributed by atoms with Crippen LogP contribution in [0.4, 0.5) is 13.9 Å². The highest BCUT2D eigenvalue weighted by Crippen LogP contribution is 2.23. The van der Waals surface area contributed by atoms with Crippen molar-refractivity contribution in [2.45, 2.75) is 33.1 Å². The molecule has 4 aromatic rings. The number of aryl methyl sites for hydroxylation is 2. The van der Waals surface area contributed by atoms with Crippen molar-refractivity contribution in [2.75, 3.05) is 5.32 Å². The van der Waals surface area contributed by atoms with Crippen molar-refractivity contribution in [1.29, 1.82) is 0 Å². The van der Waals surface area contributed by atoms with Crippen molar-refractivity contribution in [3.8, 4) is 0 Å². The van der Waals surface area contributed by atoms with Gasteiger partial charge in [-0.1, -0.05) is 6.07 Å². The number of carbonyl (C=O) groups is 1. The number of hydrogen-bond donors (Lipinski definition) is 1. The third kappa shape index (κ3) is 4.18. The molecule has 0 atom stereocenters. The van der Waals surface area contributed by atoms with Gasteiger partial charge in [0.25, 0.3) is 5.78 Å². The fourth-order valence-corrected chi connectivity index (χ4v) is 4.09. The van der Waals surface area contributed by atoms with Crippen molar-refractivity contribution < 1.29 is 13.6 Å². The summed E-state index contributed by atoms with van der Waals surface area (Å²) in [7, 11) is 0. The highest BCUT2D eigenvalue weighted by atomic mass is 32.1. The Balaban J connectivity index is 1.38. The fraction of sp³-hybridized carbons (Fsp3) is 0.250. The number of aromatic nitrogens is 5. The summed E-state index contributed by atoms with van der Waals surface area (Å²) >= 11 is 1.26. The molecule has 1 amide bonds. The number of thiazole rings is 1. The van der Waals surface area contributed by atoms with E-state index in [1.54, 1.807) is 10.7 Å². The van der Waals surface area contributed by atoms with Crippen LogP contribution < -0.4 is 5.32 Å². The van der Waals surface area contributed by atoms with E-state index in [2.05, 4.69) is 25.4 Å². The van der Waals surface area contributed by atoms with Gasteiger partial charge in [-0.15, -0.1) is 11.3 Å². The van der Waals surface area contributed by atoms with E-state index >= 15 is 0 Å². The standard InChI is InChI=1S/C20H18F2N6OS/c1-11-16(12(2)28-19(26-11)24-10-25-28)5-6-18(29)27-20-23-9-15(30-20)7-13-3-4-14(21)8-17(13)22/h3-4,8-10H,5-7H2,1-2H3,(H,23,27,29). The molecule has 7 nitrogen and oxygen atoms in total. The smallest absolute Gasteiger partial charge is 0.252 e. The first-order chi connectivity index (χ1) is 14.4. The van der Waals surface area contributed by atoms with Crippen LogP contribution in [0.15, 0.2) is 30.7 Å². The molecular formula is C20H18F2N6OS. The van der Waals surface area contributed by atoms with Gasteiger partial charge in [0.1, 0.15) is 18.0 Å². The van der Waals surface area contributed by atoms with Gasteiger partial charge in [0, 0.05) is 41.4 Å². The molecule has 0 aliphatic carbocycles. The minimum atomic E-state index is -0.614. The largest absolute Gasteiger partial charge is 0.302 e. The first-order valence-corrected chi connectivity index (χ1v) is 10.1. The number of fused-ring (bicyclic) bond motifs is 1. The SMILES string of the molecule is Cc1nc2ncnn2c(C)c1CCC(=O)Nc1ncc(Cc2ccc(F)cc2F)s1. The van der Waals surface area contributed by atoms with Crippen molar-refractivity contribution in [3.05, 3.63) is 69.7 Å². The Bertz CT molecular complexity index is 1240. The Kier molecular flexibility index (Phi) is 5.49. The van der Waals surface area contributed by atoms with Gasteiger partial charge in [-0.25, -0.2) is 23.3 Å². The maximum atomic E-state index is 13.8. The quantitative estimate of drug-likeness (QED) is 0.507. The lowest BCUT2D eigenvalue weighted by Crippen LogP contribution is -2.14. The van der Waals surface area contributed by atoms with Crippen LogP contribution in [0.5, 0.6) is 0 Å². The van der Waals surface area contributed by atoms with Gasteiger partial charge in [0.05, 0.1) is 0 Å². The molecule has 0 saturated heterocycles. The van der Waals surface area contributed by atoms with Gasteiger partial charge in [-0.05, 0) is 37.5 Å². The molecule has 10 heteroatoms. The number of rotatable bonds is 6. The van der Waals surface area contributed by atoms with Crippen LogP contribution in [-0.4, -0.2) is 30.5 Å². The number of halogens is 2. The van der Waals surface area contributed by atoms with Crippen molar-refractivity contribution >= 4 is 28.2 Å². The molecule has 30 heavy (non-hydrogen) atoms. The summed E-state index contributed by atoms with van der Waals surface area (Å²) in [4.78, 5) is 25.8. The lowest BCUT2D eigenvalue weighted by Gasteiger charge is -2.10. The second kappa shape index (κ2) is 8.23. The van der Waals surface area contributed by atoms with Crippen molar-refractivity contribution in [2.24, 2.45) is 0 Å². The maximum Gasteiger partial charge on any atom is 0.252 e. The lowest BCUT2D eigenvalue weighted by atomic mass is 10.1. The van der Waals surface area contributed by atoms with E-state index in [4.69, 9.17) is 0 Å². The van der Waals surface area contributed by atoms with E-state index in [0.29, 0.717) is 22.9 Å². The molecule has 1 aromatic carbocycles. The van der Waals surface area contributed by atoms with E-state index in [-0.39, 0.29) is 18.7 Å². The normalized spacial score (nSPS) is 11.2. The van der Waals surface area contributed by atoms with Gasteiger partial charge in [0.2, 0.25) is 5.91 Å². The second-order valence-corrected chi connectivity index (χ2v) is 7.94. The summed E-state index contributed by atoms with van der Waals surface area (Å²) in [5.41, 5.74) is 3.05. The summed E-state index contributed by atoms with van der Waals surface area (Å²) in [6, 6.07) is 3.49. The number of benzene rings is 1. The van der Waals surface area contributed by atoms with Crippen LogP contribution in [0.25, 0.3) is 5.78 Å². The Labute approximate surface area is 174 Å². The molecule has 3 aromatic heterocycles. The third-order valence-electron chi connectivity index (χ3n) is 4.77. The van der Waals surface area contributed by atoms with E-state index in [1.807, 2.05) is 13.8 Å². The predicted molar refractivity (Wildman–Crippen MR) is 108 cm³/mol. The molecule has 0 radical (unpaired) electrons. The molecule has 0 fully saturated rings. The van der Waals surface area contributed by atoms with E-state index < -0.39 is 11.6 Å². The Hall–Kier alpha value is -3.27. The van der Waals surface area contributed by atoms with Crippen LogP contribution >= 0.6 is 11.3 Å². The van der Waals surface area contributed by atoms with Gasteiger partial charge in [0.15, 0.2) is 5.13 Å². The molecule has 0 aliphatic heterocycles. The van der Waals surface area contributed by atoms with Gasteiger partial charge < -0.3 is 5.32 Å². The first kappa shape index (κ1) is 20.0.